The summed E-state index contributed by atoms with van der Waals surface area (Å²) in [6.07, 6.45) is 9.07. The van der Waals surface area contributed by atoms with Crippen LogP contribution < -0.4 is 16.4 Å². The van der Waals surface area contributed by atoms with Crippen LogP contribution >= 0.6 is 22.9 Å². The summed E-state index contributed by atoms with van der Waals surface area (Å²) in [4.78, 5) is 52.0. The van der Waals surface area contributed by atoms with Gasteiger partial charge in [-0.3, -0.25) is 9.69 Å². The maximum atomic E-state index is 14.1. The lowest BCUT2D eigenvalue weighted by atomic mass is 9.98. The molecule has 2 aromatic rings. The van der Waals surface area contributed by atoms with Crippen LogP contribution in [0.2, 0.25) is 5.02 Å². The van der Waals surface area contributed by atoms with E-state index < -0.39 is 6.04 Å². The van der Waals surface area contributed by atoms with Crippen LogP contribution in [0.25, 0.3) is 0 Å². The number of nitrogens with zero attached hydrogens (tertiary/aromatic N) is 5. The maximum Gasteiger partial charge on any atom is 0.322 e. The zero-order valence-corrected chi connectivity index (χ0v) is 27.9. The van der Waals surface area contributed by atoms with Gasteiger partial charge in [-0.15, -0.1) is 17.8 Å². The Bertz CT molecular complexity index is 1490. The number of carbonyl (C=O) groups is 3. The molecule has 46 heavy (non-hydrogen) atoms. The highest BCUT2D eigenvalue weighted by atomic mass is 35.5. The van der Waals surface area contributed by atoms with E-state index >= 15 is 0 Å². The molecule has 5 amide bonds. The largest absolute Gasteiger partial charge is 0.397 e. The minimum Gasteiger partial charge on any atom is -0.397 e. The lowest BCUT2D eigenvalue weighted by Crippen LogP contribution is -2.58. The Morgan fingerprint density at radius 2 is 1.74 bits per heavy atom. The van der Waals surface area contributed by atoms with Crippen molar-refractivity contribution in [1.82, 2.24) is 29.8 Å². The summed E-state index contributed by atoms with van der Waals surface area (Å²) >= 11 is 8.03. The number of nitrogens with two attached hydrogens (primary N) is 1. The lowest BCUT2D eigenvalue weighted by Gasteiger charge is -2.43. The fourth-order valence-corrected chi connectivity index (χ4v) is 8.18. The summed E-state index contributed by atoms with van der Waals surface area (Å²) in [5, 5.41) is 8.35. The summed E-state index contributed by atoms with van der Waals surface area (Å²) in [6.45, 7) is 7.10. The quantitative estimate of drug-likeness (QED) is 0.322. The van der Waals surface area contributed by atoms with Crippen LogP contribution in [0.3, 0.4) is 0 Å². The second-order valence-electron chi connectivity index (χ2n) is 12.8. The van der Waals surface area contributed by atoms with Gasteiger partial charge in [0.1, 0.15) is 6.04 Å². The molecule has 0 unspecified atom stereocenters. The van der Waals surface area contributed by atoms with Gasteiger partial charge in [0.2, 0.25) is 5.91 Å². The summed E-state index contributed by atoms with van der Waals surface area (Å²) in [7, 11) is 2.16. The molecule has 11 nitrogen and oxygen atoms in total. The zero-order chi connectivity index (χ0) is 32.4. The van der Waals surface area contributed by atoms with E-state index in [9.17, 15) is 14.4 Å². The fraction of sp³-hybridized carbons (Fsp3) is 0.545. The van der Waals surface area contributed by atoms with Crippen LogP contribution in [0.4, 0.5) is 21.0 Å². The number of amides is 5. The second-order valence-corrected chi connectivity index (χ2v) is 14.2. The van der Waals surface area contributed by atoms with Gasteiger partial charge < -0.3 is 36.0 Å². The predicted molar refractivity (Wildman–Crippen MR) is 182 cm³/mol. The third-order valence-electron chi connectivity index (χ3n) is 9.97. The Balaban J connectivity index is 1.10. The number of terminal acetylenes is 1. The van der Waals surface area contributed by atoms with Crippen molar-refractivity contribution in [1.29, 1.82) is 0 Å². The molecule has 13 heteroatoms. The standard InChI is InChI=1S/C33H43ClN8O3S/c1-3-23-18-22(19-26(34)30(23)35)20-28(31(43)40-9-4-24(5-10-40)39-15-13-38(2)14-16-39)37-32(44)41-11-6-25(7-12-41)42-21-29-27(8-17-46-29)36-33(42)45/h1,8,17-19,24-25,28H,4-7,9-16,20-21,35H2,2H3,(H,36,45)(H,37,44)/t28-/m1/s1. The third-order valence-corrected chi connectivity index (χ3v) is 11.2. The average molecular weight is 667 g/mol. The lowest BCUT2D eigenvalue weighted by molar-refractivity contribution is -0.135. The Hall–Kier alpha value is -3.50. The molecule has 1 atom stereocenters. The maximum absolute atomic E-state index is 14.1. The first kappa shape index (κ1) is 32.4. The van der Waals surface area contributed by atoms with Crippen LogP contribution in [0.1, 0.15) is 41.7 Å². The topological polar surface area (TPSA) is 117 Å². The first-order valence-corrected chi connectivity index (χ1v) is 17.4. The van der Waals surface area contributed by atoms with E-state index in [-0.39, 0.29) is 30.4 Å². The molecular formula is C33H43ClN8O3S. The van der Waals surface area contributed by atoms with Crippen molar-refractivity contribution in [3.8, 4) is 12.3 Å². The van der Waals surface area contributed by atoms with Crippen molar-refractivity contribution in [2.75, 3.05) is 70.5 Å². The molecule has 0 bridgehead atoms. The number of halogens is 1. The molecule has 4 aliphatic rings. The van der Waals surface area contributed by atoms with Crippen LogP contribution in [0.5, 0.6) is 0 Å². The summed E-state index contributed by atoms with van der Waals surface area (Å²) < 4.78 is 0. The number of likely N-dealkylation sites (N-methyl/N-ethyl adjacent to an activating group) is 1. The van der Waals surface area contributed by atoms with E-state index in [4.69, 9.17) is 23.8 Å². The van der Waals surface area contributed by atoms with Gasteiger partial charge in [0.25, 0.3) is 0 Å². The zero-order valence-electron chi connectivity index (χ0n) is 26.3. The number of likely N-dealkylation sites (tertiary alicyclic amines) is 2. The minimum absolute atomic E-state index is 0.0393. The molecule has 6 rings (SSSR count). The molecule has 0 saturated carbocycles. The number of carbonyl (C=O) groups excluding carboxylic acids is 3. The number of hydrogen-bond donors (Lipinski definition) is 3. The Morgan fingerprint density at radius 3 is 2.43 bits per heavy atom. The number of piperidine rings is 2. The number of fused-ring (bicyclic) bond motifs is 1. The number of anilines is 2. The van der Waals surface area contributed by atoms with Crippen molar-refractivity contribution in [3.63, 3.8) is 0 Å². The highest BCUT2D eigenvalue weighted by Gasteiger charge is 2.36. The van der Waals surface area contributed by atoms with Gasteiger partial charge in [0.05, 0.1) is 22.9 Å². The van der Waals surface area contributed by atoms with Gasteiger partial charge in [0, 0.05) is 81.3 Å². The van der Waals surface area contributed by atoms with Gasteiger partial charge >= 0.3 is 12.1 Å². The Kier molecular flexibility index (Phi) is 9.94. The van der Waals surface area contributed by atoms with Gasteiger partial charge in [-0.1, -0.05) is 17.5 Å². The van der Waals surface area contributed by atoms with Gasteiger partial charge in [-0.05, 0) is 61.9 Å². The number of hydrogen-bond acceptors (Lipinski definition) is 7. The summed E-state index contributed by atoms with van der Waals surface area (Å²) in [5.41, 5.74) is 8.48. The smallest absolute Gasteiger partial charge is 0.322 e. The van der Waals surface area contributed by atoms with Crippen LogP contribution in [0, 0.1) is 12.3 Å². The van der Waals surface area contributed by atoms with Crippen LogP contribution in [0.15, 0.2) is 23.6 Å². The number of nitrogen functional groups attached to an aromatic ring is 1. The second kappa shape index (κ2) is 14.1. The summed E-state index contributed by atoms with van der Waals surface area (Å²) in [6, 6.07) is 4.75. The minimum atomic E-state index is -0.791. The molecule has 0 aliphatic carbocycles. The van der Waals surface area contributed by atoms with Gasteiger partial charge in [0.15, 0.2) is 0 Å². The van der Waals surface area contributed by atoms with Crippen LogP contribution in [-0.2, 0) is 17.8 Å². The normalized spacial score (nSPS) is 21.0. The van der Waals surface area contributed by atoms with E-state index in [1.165, 1.54) is 0 Å². The number of piperazine rings is 1. The SMILES string of the molecule is C#Cc1cc(C[C@@H](NC(=O)N2CCC(N3Cc4sccc4NC3=O)CC2)C(=O)N2CCC(N3CCN(C)CC3)CC2)cc(Cl)c1N. The monoisotopic (exact) mass is 666 g/mol. The average Bonchev–Trinajstić information content (AvgIpc) is 3.53. The summed E-state index contributed by atoms with van der Waals surface area (Å²) in [5.74, 6) is 2.47. The van der Waals surface area contributed by atoms with Crippen molar-refractivity contribution in [2.45, 2.75) is 56.8 Å². The van der Waals surface area contributed by atoms with E-state index in [1.54, 1.807) is 28.4 Å². The molecule has 3 fully saturated rings. The number of rotatable bonds is 6. The molecule has 3 saturated heterocycles. The van der Waals surface area contributed by atoms with E-state index in [0.717, 1.165) is 55.1 Å². The van der Waals surface area contributed by atoms with E-state index in [0.29, 0.717) is 67.9 Å². The first-order chi connectivity index (χ1) is 22.2. The van der Waals surface area contributed by atoms with Gasteiger partial charge in [-0.25, -0.2) is 9.59 Å². The number of nitrogens with one attached hydrogen (secondary N) is 2. The molecule has 1 aromatic carbocycles. The fourth-order valence-electron chi connectivity index (χ4n) is 7.11. The van der Waals surface area contributed by atoms with Crippen molar-refractivity contribution in [3.05, 3.63) is 44.6 Å². The molecule has 0 spiro atoms. The Morgan fingerprint density at radius 1 is 1.07 bits per heavy atom. The van der Waals surface area contributed by atoms with E-state index in [2.05, 4.69) is 33.4 Å². The first-order valence-electron chi connectivity index (χ1n) is 16.2. The molecule has 246 valence electrons. The highest BCUT2D eigenvalue weighted by Crippen LogP contribution is 2.31. The Labute approximate surface area is 280 Å². The van der Waals surface area contributed by atoms with Crippen molar-refractivity contribution < 1.29 is 14.4 Å². The number of thiophene rings is 1. The molecular weight excluding hydrogens is 624 g/mol. The van der Waals surface area contributed by atoms with Crippen molar-refractivity contribution in [2.24, 2.45) is 0 Å². The number of benzene rings is 1. The van der Waals surface area contributed by atoms with Crippen LogP contribution in [-0.4, -0.2) is 120 Å². The molecule has 4 N–H and O–H groups in total. The molecule has 0 radical (unpaired) electrons. The molecule has 1 aromatic heterocycles. The predicted octanol–water partition coefficient (Wildman–Crippen LogP) is 3.34. The van der Waals surface area contributed by atoms with Crippen molar-refractivity contribution >= 4 is 52.3 Å². The van der Waals surface area contributed by atoms with E-state index in [1.807, 2.05) is 21.2 Å². The van der Waals surface area contributed by atoms with Gasteiger partial charge in [-0.2, -0.15) is 0 Å². The molecule has 4 aliphatic heterocycles. The molecule has 5 heterocycles. The highest BCUT2D eigenvalue weighted by molar-refractivity contribution is 7.10. The number of urea groups is 2. The third kappa shape index (κ3) is 7.08.